The number of hydrazone groups is 1. The molecule has 0 aliphatic rings. The number of halogens is 1. The molecule has 23 heavy (non-hydrogen) atoms. The van der Waals surface area contributed by atoms with E-state index >= 15 is 0 Å². The Kier molecular flexibility index (Phi) is 5.41. The molecule has 0 aliphatic carbocycles. The lowest BCUT2D eigenvalue weighted by molar-refractivity contribution is 0.0952. The summed E-state index contributed by atoms with van der Waals surface area (Å²) in [5, 5.41) is 13.7. The van der Waals surface area contributed by atoms with Gasteiger partial charge in [0.15, 0.2) is 0 Å². The van der Waals surface area contributed by atoms with Crippen LogP contribution in [-0.4, -0.2) is 17.2 Å². The van der Waals surface area contributed by atoms with Gasteiger partial charge >= 0.3 is 0 Å². The highest BCUT2D eigenvalue weighted by Gasteiger charge is 2.13. The Morgan fingerprint density at radius 1 is 1.17 bits per heavy atom. The molecule has 0 heterocycles. The molecule has 0 bridgehead atoms. The highest BCUT2D eigenvalue weighted by Crippen LogP contribution is 2.22. The molecule has 0 aliphatic heterocycles. The van der Waals surface area contributed by atoms with Crippen LogP contribution in [0.15, 0.2) is 47.6 Å². The van der Waals surface area contributed by atoms with E-state index in [-0.39, 0.29) is 16.7 Å². The van der Waals surface area contributed by atoms with Gasteiger partial charge in [0, 0.05) is 3.57 Å². The molecule has 0 saturated heterocycles. The SMILES string of the molecule is CC(C)(C)c1ccc(/C=N\NC(=O)c2cc(I)ccc2O)cc1. The van der Waals surface area contributed by atoms with Gasteiger partial charge in [-0.1, -0.05) is 45.0 Å². The second kappa shape index (κ2) is 7.12. The minimum Gasteiger partial charge on any atom is -0.507 e. The molecule has 5 heteroatoms. The molecular formula is C18H19IN2O2. The summed E-state index contributed by atoms with van der Waals surface area (Å²) in [6.45, 7) is 6.47. The number of phenols is 1. The monoisotopic (exact) mass is 422 g/mol. The van der Waals surface area contributed by atoms with Gasteiger partial charge in [-0.15, -0.1) is 0 Å². The second-order valence-corrected chi connectivity index (χ2v) is 7.48. The molecule has 2 rings (SSSR count). The first-order valence-electron chi connectivity index (χ1n) is 7.20. The van der Waals surface area contributed by atoms with E-state index in [9.17, 15) is 9.90 Å². The molecule has 0 saturated carbocycles. The number of nitrogens with one attached hydrogen (secondary N) is 1. The van der Waals surface area contributed by atoms with E-state index in [1.54, 1.807) is 18.3 Å². The molecule has 2 N–H and O–H groups in total. The Balaban J connectivity index is 2.04. The summed E-state index contributed by atoms with van der Waals surface area (Å²) in [7, 11) is 0. The van der Waals surface area contributed by atoms with E-state index < -0.39 is 5.91 Å². The summed E-state index contributed by atoms with van der Waals surface area (Å²) in [5.41, 5.74) is 4.87. The summed E-state index contributed by atoms with van der Waals surface area (Å²) >= 11 is 2.08. The predicted molar refractivity (Wildman–Crippen MR) is 101 cm³/mol. The van der Waals surface area contributed by atoms with Crippen LogP contribution in [0.1, 0.15) is 42.3 Å². The first-order valence-corrected chi connectivity index (χ1v) is 8.28. The third-order valence-electron chi connectivity index (χ3n) is 3.36. The van der Waals surface area contributed by atoms with Crippen LogP contribution in [0.2, 0.25) is 0 Å². The van der Waals surface area contributed by atoms with E-state index in [0.717, 1.165) is 9.13 Å². The van der Waals surface area contributed by atoms with Gasteiger partial charge in [0.25, 0.3) is 5.91 Å². The molecule has 2 aromatic rings. The summed E-state index contributed by atoms with van der Waals surface area (Å²) in [6.07, 6.45) is 1.58. The van der Waals surface area contributed by atoms with Crippen LogP contribution in [-0.2, 0) is 5.41 Å². The van der Waals surface area contributed by atoms with Crippen molar-refractivity contribution in [3.63, 3.8) is 0 Å². The lowest BCUT2D eigenvalue weighted by Gasteiger charge is -2.18. The van der Waals surface area contributed by atoms with E-state index in [4.69, 9.17) is 0 Å². The third kappa shape index (κ3) is 4.79. The number of phenolic OH excluding ortho intramolecular Hbond substituents is 1. The molecule has 1 amide bonds. The number of nitrogens with zero attached hydrogens (tertiary/aromatic N) is 1. The standard InChI is InChI=1S/C18H19IN2O2/c1-18(2,3)13-6-4-12(5-7-13)11-20-21-17(23)15-10-14(19)8-9-16(15)22/h4-11,22H,1-3H3,(H,21,23)/b20-11-. The first kappa shape index (κ1) is 17.5. The van der Waals surface area contributed by atoms with Crippen molar-refractivity contribution in [2.45, 2.75) is 26.2 Å². The van der Waals surface area contributed by atoms with Crippen LogP contribution in [0.5, 0.6) is 5.75 Å². The van der Waals surface area contributed by atoms with Gasteiger partial charge in [-0.25, -0.2) is 5.43 Å². The van der Waals surface area contributed by atoms with Gasteiger partial charge in [-0.3, -0.25) is 4.79 Å². The number of carbonyl (C=O) groups excluding carboxylic acids is 1. The van der Waals surface area contributed by atoms with Crippen molar-refractivity contribution in [3.8, 4) is 5.75 Å². The molecule has 0 spiro atoms. The Morgan fingerprint density at radius 3 is 2.43 bits per heavy atom. The zero-order chi connectivity index (χ0) is 17.0. The minimum absolute atomic E-state index is 0.0624. The van der Waals surface area contributed by atoms with Crippen molar-refractivity contribution in [1.82, 2.24) is 5.43 Å². The molecule has 0 unspecified atom stereocenters. The summed E-state index contributed by atoms with van der Waals surface area (Å²) < 4.78 is 0.868. The quantitative estimate of drug-likeness (QED) is 0.445. The van der Waals surface area contributed by atoms with Crippen LogP contribution in [0.25, 0.3) is 0 Å². The highest BCUT2D eigenvalue weighted by atomic mass is 127. The number of hydrogen-bond donors (Lipinski definition) is 2. The maximum Gasteiger partial charge on any atom is 0.275 e. The minimum atomic E-state index is -0.441. The fourth-order valence-corrected chi connectivity index (χ4v) is 2.48. The maximum atomic E-state index is 12.0. The molecular weight excluding hydrogens is 403 g/mol. The van der Waals surface area contributed by atoms with Crippen molar-refractivity contribution < 1.29 is 9.90 Å². The van der Waals surface area contributed by atoms with E-state index in [1.807, 2.05) is 12.1 Å². The smallest absolute Gasteiger partial charge is 0.275 e. The van der Waals surface area contributed by atoms with Crippen LogP contribution in [0.3, 0.4) is 0 Å². The molecule has 2 aromatic carbocycles. The number of aromatic hydroxyl groups is 1. The van der Waals surface area contributed by atoms with Gasteiger partial charge in [0.05, 0.1) is 11.8 Å². The summed E-state index contributed by atoms with van der Waals surface area (Å²) in [6, 6.07) is 12.8. The summed E-state index contributed by atoms with van der Waals surface area (Å²) in [4.78, 5) is 12.0. The first-order chi connectivity index (χ1) is 10.8. The van der Waals surface area contributed by atoms with Gasteiger partial charge in [0.2, 0.25) is 0 Å². The van der Waals surface area contributed by atoms with Crippen LogP contribution in [0.4, 0.5) is 0 Å². The lowest BCUT2D eigenvalue weighted by atomic mass is 9.87. The number of hydrogen-bond acceptors (Lipinski definition) is 3. The van der Waals surface area contributed by atoms with Crippen molar-refractivity contribution >= 4 is 34.7 Å². The largest absolute Gasteiger partial charge is 0.507 e. The van der Waals surface area contributed by atoms with Gasteiger partial charge in [0.1, 0.15) is 5.75 Å². The Hall–Kier alpha value is -1.89. The van der Waals surface area contributed by atoms with Crippen LogP contribution in [0, 0.1) is 3.57 Å². The van der Waals surface area contributed by atoms with Crippen LogP contribution < -0.4 is 5.43 Å². The molecule has 0 aromatic heterocycles. The Labute approximate surface area is 149 Å². The maximum absolute atomic E-state index is 12.0. The Morgan fingerprint density at radius 2 is 1.83 bits per heavy atom. The average Bonchev–Trinajstić information content (AvgIpc) is 2.49. The van der Waals surface area contributed by atoms with Crippen molar-refractivity contribution in [2.24, 2.45) is 5.10 Å². The normalized spacial score (nSPS) is 11.7. The Bertz CT molecular complexity index is 732. The third-order valence-corrected chi connectivity index (χ3v) is 4.03. The molecule has 4 nitrogen and oxygen atoms in total. The predicted octanol–water partition coefficient (Wildman–Crippen LogP) is 4.06. The molecule has 0 fully saturated rings. The fourth-order valence-electron chi connectivity index (χ4n) is 1.98. The summed E-state index contributed by atoms with van der Waals surface area (Å²) in [5.74, 6) is -0.503. The zero-order valence-corrected chi connectivity index (χ0v) is 15.5. The number of amides is 1. The number of benzene rings is 2. The van der Waals surface area contributed by atoms with Crippen molar-refractivity contribution in [3.05, 3.63) is 62.7 Å². The highest BCUT2D eigenvalue weighted by molar-refractivity contribution is 14.1. The van der Waals surface area contributed by atoms with Crippen molar-refractivity contribution in [2.75, 3.05) is 0 Å². The van der Waals surface area contributed by atoms with E-state index in [2.05, 4.69) is 66.0 Å². The van der Waals surface area contributed by atoms with E-state index in [0.29, 0.717) is 0 Å². The van der Waals surface area contributed by atoms with Gasteiger partial charge < -0.3 is 5.11 Å². The number of carbonyl (C=O) groups is 1. The topological polar surface area (TPSA) is 61.7 Å². The second-order valence-electron chi connectivity index (χ2n) is 6.23. The van der Waals surface area contributed by atoms with E-state index in [1.165, 1.54) is 11.6 Å². The fraction of sp³-hybridized carbons (Fsp3) is 0.222. The lowest BCUT2D eigenvalue weighted by Crippen LogP contribution is -2.18. The molecule has 0 atom stereocenters. The van der Waals surface area contributed by atoms with Crippen LogP contribution >= 0.6 is 22.6 Å². The molecule has 120 valence electrons. The zero-order valence-electron chi connectivity index (χ0n) is 13.3. The molecule has 0 radical (unpaired) electrons. The average molecular weight is 422 g/mol. The van der Waals surface area contributed by atoms with Gasteiger partial charge in [-0.2, -0.15) is 5.10 Å². The number of rotatable bonds is 3. The van der Waals surface area contributed by atoms with Crippen molar-refractivity contribution in [1.29, 1.82) is 0 Å². The van der Waals surface area contributed by atoms with Gasteiger partial charge in [-0.05, 0) is 57.3 Å².